The van der Waals surface area contributed by atoms with Crippen molar-refractivity contribution >= 4 is 46.4 Å². The van der Waals surface area contributed by atoms with Crippen molar-refractivity contribution in [1.29, 1.82) is 0 Å². The number of aromatic carboxylic acids is 1. The second kappa shape index (κ2) is 13.4. The van der Waals surface area contributed by atoms with Gasteiger partial charge >= 0.3 is 5.97 Å². The van der Waals surface area contributed by atoms with Gasteiger partial charge in [-0.2, -0.15) is 4.98 Å². The fourth-order valence-electron chi connectivity index (χ4n) is 6.08. The predicted molar refractivity (Wildman–Crippen MR) is 197 cm³/mol. The van der Waals surface area contributed by atoms with Crippen molar-refractivity contribution in [2.75, 3.05) is 38.8 Å². The molecule has 3 heterocycles. The van der Waals surface area contributed by atoms with E-state index >= 15 is 0 Å². The van der Waals surface area contributed by atoms with Gasteiger partial charge in [0, 0.05) is 73.2 Å². The molecule has 256 valence electrons. The lowest BCUT2D eigenvalue weighted by molar-refractivity contribution is 0.0697. The van der Waals surface area contributed by atoms with Gasteiger partial charge in [0.15, 0.2) is 0 Å². The van der Waals surface area contributed by atoms with Crippen LogP contribution in [0.5, 0.6) is 5.88 Å². The summed E-state index contributed by atoms with van der Waals surface area (Å²) < 4.78 is 14.3. The minimum Gasteiger partial charge on any atom is -0.478 e. The minimum atomic E-state index is -1.10. The first-order valence-electron chi connectivity index (χ1n) is 16.3. The van der Waals surface area contributed by atoms with Gasteiger partial charge in [-0.05, 0) is 53.1 Å². The lowest BCUT2D eigenvalue weighted by Gasteiger charge is -2.19. The Morgan fingerprint density at radius 2 is 1.75 bits per heavy atom. The van der Waals surface area contributed by atoms with Crippen LogP contribution < -0.4 is 30.6 Å². The molecule has 12 nitrogen and oxygen atoms in total. The SMILES string of the molecule is CN(C)c1ccc2c(-c3cc(C(=O)NCc4ccc(COc5nc(N)nc6c5N=CC6)cc4)ccc3C(=O)O)c3ccc(=[N+](C)C)cc-3oc2c1. The van der Waals surface area contributed by atoms with Gasteiger partial charge in [-0.1, -0.05) is 24.3 Å². The fraction of sp³-hybridized carbons (Fsp3) is 0.179. The molecule has 0 saturated heterocycles. The summed E-state index contributed by atoms with van der Waals surface area (Å²) in [6, 6.07) is 24.0. The highest BCUT2D eigenvalue weighted by molar-refractivity contribution is 6.09. The van der Waals surface area contributed by atoms with Gasteiger partial charge in [-0.25, -0.2) is 14.4 Å². The van der Waals surface area contributed by atoms with Crippen LogP contribution in [0.25, 0.3) is 33.4 Å². The zero-order valence-electron chi connectivity index (χ0n) is 28.6. The monoisotopic (exact) mass is 682 g/mol. The first-order valence-corrected chi connectivity index (χ1v) is 16.3. The maximum Gasteiger partial charge on any atom is 0.336 e. The molecule has 3 aromatic carbocycles. The summed E-state index contributed by atoms with van der Waals surface area (Å²) >= 11 is 0. The quantitative estimate of drug-likeness (QED) is 0.139. The van der Waals surface area contributed by atoms with Crippen LogP contribution in [0.3, 0.4) is 0 Å². The molecule has 0 radical (unpaired) electrons. The van der Waals surface area contributed by atoms with Crippen molar-refractivity contribution in [2.45, 2.75) is 19.6 Å². The van der Waals surface area contributed by atoms with Gasteiger partial charge in [0.05, 0.1) is 17.3 Å². The molecule has 0 bridgehead atoms. The van der Waals surface area contributed by atoms with Crippen LogP contribution in [-0.4, -0.2) is 61.4 Å². The van der Waals surface area contributed by atoms with E-state index in [9.17, 15) is 14.7 Å². The molecule has 3 aliphatic rings. The Hall–Kier alpha value is -6.56. The number of ether oxygens (including phenoxy) is 1. The van der Waals surface area contributed by atoms with Crippen molar-refractivity contribution < 1.29 is 23.8 Å². The molecule has 1 amide bonds. The van der Waals surface area contributed by atoms with Crippen molar-refractivity contribution in [3.8, 4) is 28.3 Å². The highest BCUT2D eigenvalue weighted by atomic mass is 16.5. The first kappa shape index (κ1) is 33.0. The number of hydrogen-bond donors (Lipinski definition) is 3. The summed E-state index contributed by atoms with van der Waals surface area (Å²) in [5, 5.41) is 14.9. The second-order valence-corrected chi connectivity index (χ2v) is 12.7. The Labute approximate surface area is 293 Å². The molecular formula is C39H36N7O5+. The van der Waals surface area contributed by atoms with E-state index in [0.717, 1.165) is 38.8 Å². The summed E-state index contributed by atoms with van der Waals surface area (Å²) in [4.78, 5) is 40.8. The van der Waals surface area contributed by atoms with Gasteiger partial charge in [-0.15, -0.1) is 0 Å². The molecule has 4 aromatic rings. The second-order valence-electron chi connectivity index (χ2n) is 12.7. The molecule has 0 spiro atoms. The zero-order chi connectivity index (χ0) is 35.8. The smallest absolute Gasteiger partial charge is 0.336 e. The van der Waals surface area contributed by atoms with E-state index in [4.69, 9.17) is 14.9 Å². The summed E-state index contributed by atoms with van der Waals surface area (Å²) in [6.07, 6.45) is 2.34. The standard InChI is InChI=1S/C39H35N7O5/c1-45(2)25-10-13-28-32(18-25)51-33-19-26(46(3)4)11-14-29(33)34(28)30-17-24(9-12-27(30)38(48)49)36(47)42-20-22-5-7-23(8-6-22)21-50-37-35-31(15-16-41-35)43-39(40)44-37/h5-14,16-19H,15,20-21H2,1-4H3,(H3-,40,42,43,44,47,48,49)/p+1. The third kappa shape index (κ3) is 6.58. The van der Waals surface area contributed by atoms with E-state index in [1.54, 1.807) is 12.3 Å². The van der Waals surface area contributed by atoms with E-state index in [1.165, 1.54) is 12.1 Å². The molecule has 12 heteroatoms. The lowest BCUT2D eigenvalue weighted by Crippen LogP contribution is -2.23. The summed E-state index contributed by atoms with van der Waals surface area (Å²) in [5.41, 5.74) is 12.7. The molecule has 4 N–H and O–H groups in total. The number of carbonyl (C=O) groups is 2. The van der Waals surface area contributed by atoms with Gasteiger partial charge in [0.1, 0.15) is 37.7 Å². The van der Waals surface area contributed by atoms with E-state index in [0.29, 0.717) is 46.0 Å². The molecule has 2 aliphatic heterocycles. The van der Waals surface area contributed by atoms with Crippen molar-refractivity contribution in [2.24, 2.45) is 4.99 Å². The van der Waals surface area contributed by atoms with Crippen molar-refractivity contribution in [3.05, 3.63) is 112 Å². The molecule has 0 fully saturated rings. The van der Waals surface area contributed by atoms with Crippen LogP contribution in [0, 0.1) is 0 Å². The number of fused-ring (bicyclic) bond motifs is 3. The number of benzene rings is 4. The largest absolute Gasteiger partial charge is 0.478 e. The van der Waals surface area contributed by atoms with E-state index < -0.39 is 5.97 Å². The zero-order valence-corrected chi connectivity index (χ0v) is 28.6. The maximum absolute atomic E-state index is 13.6. The fourth-order valence-corrected chi connectivity index (χ4v) is 6.08. The summed E-state index contributed by atoms with van der Waals surface area (Å²) in [5.74, 6) is -0.353. The number of anilines is 2. The number of nitrogens with zero attached hydrogens (tertiary/aromatic N) is 5. The topological polar surface area (TPSA) is 159 Å². The number of nitrogens with one attached hydrogen (secondary N) is 1. The average molecular weight is 683 g/mol. The lowest BCUT2D eigenvalue weighted by atomic mass is 9.89. The van der Waals surface area contributed by atoms with Crippen molar-refractivity contribution in [1.82, 2.24) is 19.9 Å². The third-order valence-corrected chi connectivity index (χ3v) is 8.80. The van der Waals surface area contributed by atoms with Crippen LogP contribution in [-0.2, 0) is 19.6 Å². The number of nitrogens with two attached hydrogens (primary N) is 1. The Balaban J connectivity index is 1.16. The van der Waals surface area contributed by atoms with Gasteiger partial charge in [0.2, 0.25) is 17.2 Å². The van der Waals surface area contributed by atoms with Crippen LogP contribution in [0.15, 0.2) is 88.3 Å². The Bertz CT molecular complexity index is 2410. The van der Waals surface area contributed by atoms with Gasteiger partial charge in [-0.3, -0.25) is 9.79 Å². The average Bonchev–Trinajstić information content (AvgIpc) is 3.60. The van der Waals surface area contributed by atoms with Crippen LogP contribution in [0.2, 0.25) is 0 Å². The molecule has 0 saturated carbocycles. The number of aromatic nitrogens is 2. The summed E-state index contributed by atoms with van der Waals surface area (Å²) in [7, 11) is 7.78. The summed E-state index contributed by atoms with van der Waals surface area (Å²) in [6.45, 7) is 0.518. The molecule has 0 unspecified atom stereocenters. The highest BCUT2D eigenvalue weighted by Gasteiger charge is 2.24. The Kier molecular flexibility index (Phi) is 8.65. The number of carbonyl (C=O) groups excluding carboxylic acids is 1. The van der Waals surface area contributed by atoms with Gasteiger partial charge < -0.3 is 30.2 Å². The minimum absolute atomic E-state index is 0.0768. The number of carboxylic acids is 1. The number of nitrogen functional groups attached to an aromatic ring is 1. The molecule has 1 aliphatic carbocycles. The third-order valence-electron chi connectivity index (χ3n) is 8.80. The van der Waals surface area contributed by atoms with E-state index in [-0.39, 0.29) is 30.6 Å². The number of hydrogen-bond acceptors (Lipinski definition) is 9. The first-order chi connectivity index (χ1) is 24.5. The Morgan fingerprint density at radius 1 is 0.961 bits per heavy atom. The number of carboxylic acid groups (broad SMARTS) is 1. The normalized spacial score (nSPS) is 11.8. The number of rotatable bonds is 9. The predicted octanol–water partition coefficient (Wildman–Crippen LogP) is 5.14. The van der Waals surface area contributed by atoms with E-state index in [2.05, 4.69) is 20.3 Å². The maximum atomic E-state index is 13.6. The van der Waals surface area contributed by atoms with Crippen LogP contribution in [0.4, 0.5) is 17.3 Å². The number of aliphatic imine (C=N–C) groups is 1. The molecule has 51 heavy (non-hydrogen) atoms. The van der Waals surface area contributed by atoms with E-state index in [1.807, 2.05) is 98.3 Å². The van der Waals surface area contributed by atoms with Crippen LogP contribution >= 0.6 is 0 Å². The van der Waals surface area contributed by atoms with Crippen LogP contribution in [0.1, 0.15) is 37.5 Å². The highest BCUT2D eigenvalue weighted by Crippen LogP contribution is 2.42. The molecule has 0 atom stereocenters. The van der Waals surface area contributed by atoms with Gasteiger partial charge in [0.25, 0.3) is 5.91 Å². The molecule has 1 aromatic heterocycles. The molecular weight excluding hydrogens is 646 g/mol. The Morgan fingerprint density at radius 3 is 2.49 bits per heavy atom. The van der Waals surface area contributed by atoms with Crippen molar-refractivity contribution in [3.63, 3.8) is 0 Å². The molecule has 7 rings (SSSR count). The number of amides is 1.